The van der Waals surface area contributed by atoms with Crippen LogP contribution in [-0.2, 0) is 11.2 Å². The third-order valence-corrected chi connectivity index (χ3v) is 5.88. The maximum atomic E-state index is 13.1. The average Bonchev–Trinajstić information content (AvgIpc) is 2.83. The van der Waals surface area contributed by atoms with Crippen LogP contribution in [0.4, 0.5) is 5.69 Å². The molecule has 0 aliphatic heterocycles. The minimum Gasteiger partial charge on any atom is -0.483 e. The van der Waals surface area contributed by atoms with Crippen molar-refractivity contribution in [1.82, 2.24) is 9.66 Å². The summed E-state index contributed by atoms with van der Waals surface area (Å²) in [7, 11) is 0. The van der Waals surface area contributed by atoms with Crippen LogP contribution in [0.15, 0.2) is 85.6 Å². The number of nitrogens with zero attached hydrogens (tertiary/aromatic N) is 3. The fourth-order valence-electron chi connectivity index (χ4n) is 3.28. The Labute approximate surface area is 212 Å². The first-order valence-corrected chi connectivity index (χ1v) is 12.1. The number of aromatic nitrogens is 2. The van der Waals surface area contributed by atoms with E-state index in [1.807, 2.05) is 31.2 Å². The zero-order valence-corrected chi connectivity index (χ0v) is 21.3. The maximum Gasteiger partial charge on any atom is 0.282 e. The van der Waals surface area contributed by atoms with Crippen LogP contribution in [0.25, 0.3) is 10.9 Å². The summed E-state index contributed by atoms with van der Waals surface area (Å²) in [5.41, 5.74) is 1.65. The monoisotopic (exact) mass is 582 g/mol. The van der Waals surface area contributed by atoms with E-state index in [0.717, 1.165) is 8.95 Å². The van der Waals surface area contributed by atoms with Crippen LogP contribution >= 0.6 is 31.9 Å². The molecule has 0 spiro atoms. The van der Waals surface area contributed by atoms with Crippen LogP contribution in [-0.4, -0.2) is 28.4 Å². The van der Waals surface area contributed by atoms with Crippen LogP contribution in [0, 0.1) is 0 Å². The molecule has 1 heterocycles. The van der Waals surface area contributed by atoms with Gasteiger partial charge >= 0.3 is 0 Å². The first kappa shape index (κ1) is 23.8. The van der Waals surface area contributed by atoms with Crippen molar-refractivity contribution in [3.8, 4) is 5.75 Å². The van der Waals surface area contributed by atoms with Gasteiger partial charge in [0, 0.05) is 26.6 Å². The van der Waals surface area contributed by atoms with E-state index in [4.69, 9.17) is 4.74 Å². The highest BCUT2D eigenvalue weighted by atomic mass is 79.9. The van der Waals surface area contributed by atoms with E-state index in [9.17, 15) is 9.59 Å². The van der Waals surface area contributed by atoms with Gasteiger partial charge in [-0.25, -0.2) is 4.98 Å². The third-order valence-electron chi connectivity index (χ3n) is 4.89. The second kappa shape index (κ2) is 10.8. The van der Waals surface area contributed by atoms with Crippen LogP contribution in [0.5, 0.6) is 5.75 Å². The van der Waals surface area contributed by atoms with Gasteiger partial charge in [-0.3, -0.25) is 9.59 Å². The van der Waals surface area contributed by atoms with Crippen molar-refractivity contribution >= 4 is 60.6 Å². The van der Waals surface area contributed by atoms with Crippen molar-refractivity contribution in [2.24, 2.45) is 5.10 Å². The molecule has 0 atom stereocenters. The van der Waals surface area contributed by atoms with E-state index in [1.54, 1.807) is 42.5 Å². The highest BCUT2D eigenvalue weighted by Crippen LogP contribution is 2.22. The minimum atomic E-state index is -0.286. The van der Waals surface area contributed by atoms with E-state index >= 15 is 0 Å². The number of amides is 1. The molecule has 0 unspecified atom stereocenters. The Hall–Kier alpha value is -3.30. The van der Waals surface area contributed by atoms with Crippen molar-refractivity contribution < 1.29 is 9.53 Å². The van der Waals surface area contributed by atoms with Gasteiger partial charge in [0.2, 0.25) is 0 Å². The predicted molar refractivity (Wildman–Crippen MR) is 141 cm³/mol. The van der Waals surface area contributed by atoms with E-state index in [0.29, 0.717) is 40.1 Å². The van der Waals surface area contributed by atoms with Gasteiger partial charge in [-0.05, 0) is 48.5 Å². The van der Waals surface area contributed by atoms with Crippen LogP contribution in [0.2, 0.25) is 0 Å². The summed E-state index contributed by atoms with van der Waals surface area (Å²) in [6.45, 7) is 1.74. The predicted octanol–water partition coefficient (Wildman–Crippen LogP) is 5.38. The summed E-state index contributed by atoms with van der Waals surface area (Å²) in [5.74, 6) is 0.708. The molecule has 0 fully saturated rings. The quantitative estimate of drug-likeness (QED) is 0.296. The Kier molecular flexibility index (Phi) is 7.54. The first-order chi connectivity index (χ1) is 16.4. The number of para-hydroxylation sites is 1. The fourth-order valence-corrected chi connectivity index (χ4v) is 4.02. The number of carbonyl (C=O) groups excluding carboxylic acids is 1. The number of aryl methyl sites for hydroxylation is 1. The number of hydrogen-bond donors (Lipinski definition) is 1. The molecule has 0 saturated heterocycles. The molecule has 7 nitrogen and oxygen atoms in total. The van der Waals surface area contributed by atoms with Crippen molar-refractivity contribution in [3.05, 3.63) is 97.4 Å². The molecule has 4 rings (SSSR count). The number of hydrogen-bond acceptors (Lipinski definition) is 5. The molecular weight excluding hydrogens is 564 g/mol. The Morgan fingerprint density at radius 1 is 1.09 bits per heavy atom. The number of halogens is 2. The SMILES string of the molecule is CCc1nc2ccc(Br)cc2c(=O)n1N=Cc1cc(Br)ccc1OCC(=O)Nc1ccccc1. The Balaban J connectivity index is 1.60. The van der Waals surface area contributed by atoms with Gasteiger partial charge in [-0.2, -0.15) is 9.78 Å². The Morgan fingerprint density at radius 2 is 1.82 bits per heavy atom. The van der Waals surface area contributed by atoms with Crippen molar-refractivity contribution in [1.29, 1.82) is 0 Å². The third kappa shape index (κ3) is 5.60. The number of ether oxygens (including phenoxy) is 1. The van der Waals surface area contributed by atoms with Gasteiger partial charge in [0.1, 0.15) is 11.6 Å². The maximum absolute atomic E-state index is 13.1. The Bertz CT molecular complexity index is 1440. The van der Waals surface area contributed by atoms with Crippen LogP contribution in [0.3, 0.4) is 0 Å². The molecule has 1 N–H and O–H groups in total. The molecule has 1 amide bonds. The number of benzene rings is 3. The zero-order valence-electron chi connectivity index (χ0n) is 18.2. The van der Waals surface area contributed by atoms with Gasteiger partial charge in [-0.1, -0.05) is 57.0 Å². The van der Waals surface area contributed by atoms with Crippen LogP contribution < -0.4 is 15.6 Å². The van der Waals surface area contributed by atoms with Crippen molar-refractivity contribution in [2.75, 3.05) is 11.9 Å². The van der Waals surface area contributed by atoms with Crippen molar-refractivity contribution in [2.45, 2.75) is 13.3 Å². The molecule has 0 aliphatic rings. The standard InChI is InChI=1S/C25H20Br2N4O3/c1-2-23-30-21-10-8-18(27)13-20(21)25(33)31(23)28-14-16-12-17(26)9-11-22(16)34-15-24(32)29-19-6-4-3-5-7-19/h3-14H,2,15H2,1H3,(H,29,32). The second-order valence-electron chi connectivity index (χ2n) is 7.29. The summed E-state index contributed by atoms with van der Waals surface area (Å²) < 4.78 is 8.64. The summed E-state index contributed by atoms with van der Waals surface area (Å²) >= 11 is 6.85. The summed E-state index contributed by atoms with van der Waals surface area (Å²) in [6, 6.07) is 19.9. The summed E-state index contributed by atoms with van der Waals surface area (Å²) in [5, 5.41) is 7.67. The normalized spacial score (nSPS) is 11.1. The van der Waals surface area contributed by atoms with E-state index in [-0.39, 0.29) is 18.1 Å². The fraction of sp³-hybridized carbons (Fsp3) is 0.120. The topological polar surface area (TPSA) is 85.6 Å². The number of nitrogens with one attached hydrogen (secondary N) is 1. The van der Waals surface area contributed by atoms with Gasteiger partial charge in [0.05, 0.1) is 17.1 Å². The van der Waals surface area contributed by atoms with E-state index in [1.165, 1.54) is 10.9 Å². The molecule has 0 radical (unpaired) electrons. The molecule has 3 aromatic carbocycles. The smallest absolute Gasteiger partial charge is 0.282 e. The molecule has 0 bridgehead atoms. The number of carbonyl (C=O) groups is 1. The molecule has 0 aliphatic carbocycles. The largest absolute Gasteiger partial charge is 0.483 e. The molecular formula is C25H20Br2N4O3. The van der Waals surface area contributed by atoms with Gasteiger partial charge < -0.3 is 10.1 Å². The molecule has 0 saturated carbocycles. The highest BCUT2D eigenvalue weighted by Gasteiger charge is 2.11. The average molecular weight is 584 g/mol. The molecule has 4 aromatic rings. The summed E-state index contributed by atoms with van der Waals surface area (Å²) in [6.07, 6.45) is 2.06. The van der Waals surface area contributed by atoms with E-state index in [2.05, 4.69) is 47.3 Å². The lowest BCUT2D eigenvalue weighted by Crippen LogP contribution is -2.22. The lowest BCUT2D eigenvalue weighted by molar-refractivity contribution is -0.118. The first-order valence-electron chi connectivity index (χ1n) is 10.5. The summed E-state index contributed by atoms with van der Waals surface area (Å²) in [4.78, 5) is 30.0. The number of fused-ring (bicyclic) bond motifs is 1. The molecule has 34 heavy (non-hydrogen) atoms. The van der Waals surface area contributed by atoms with Crippen molar-refractivity contribution in [3.63, 3.8) is 0 Å². The van der Waals surface area contributed by atoms with E-state index < -0.39 is 0 Å². The minimum absolute atomic E-state index is 0.177. The number of rotatable bonds is 7. The van der Waals surface area contributed by atoms with Crippen LogP contribution in [0.1, 0.15) is 18.3 Å². The molecule has 172 valence electrons. The highest BCUT2D eigenvalue weighted by molar-refractivity contribution is 9.10. The lowest BCUT2D eigenvalue weighted by Gasteiger charge is -2.11. The van der Waals surface area contributed by atoms with Gasteiger partial charge in [-0.15, -0.1) is 0 Å². The molecule has 9 heteroatoms. The Morgan fingerprint density at radius 3 is 2.59 bits per heavy atom. The molecule has 1 aromatic heterocycles. The van der Waals surface area contributed by atoms with Gasteiger partial charge in [0.25, 0.3) is 11.5 Å². The number of anilines is 1. The second-order valence-corrected chi connectivity index (χ2v) is 9.12. The zero-order chi connectivity index (χ0) is 24.1. The van der Waals surface area contributed by atoms with Gasteiger partial charge in [0.15, 0.2) is 6.61 Å². The lowest BCUT2D eigenvalue weighted by atomic mass is 10.2.